The van der Waals surface area contributed by atoms with Gasteiger partial charge in [0, 0.05) is 18.7 Å². The van der Waals surface area contributed by atoms with Crippen LogP contribution in [-0.2, 0) is 21.4 Å². The molecule has 0 spiro atoms. The first kappa shape index (κ1) is 22.6. The first-order valence-electron chi connectivity index (χ1n) is 11.3. The maximum Gasteiger partial charge on any atom is 0.262 e. The lowest BCUT2D eigenvalue weighted by Gasteiger charge is -2.25. The molecule has 0 bridgehead atoms. The van der Waals surface area contributed by atoms with Gasteiger partial charge in [-0.3, -0.25) is 9.52 Å². The van der Waals surface area contributed by atoms with Gasteiger partial charge in [-0.1, -0.05) is 50.3 Å². The fourth-order valence-corrected chi connectivity index (χ4v) is 5.61. The van der Waals surface area contributed by atoms with E-state index in [0.29, 0.717) is 29.7 Å². The molecule has 0 radical (unpaired) electrons. The van der Waals surface area contributed by atoms with E-state index in [0.717, 1.165) is 17.9 Å². The topological polar surface area (TPSA) is 96.5 Å². The van der Waals surface area contributed by atoms with Crippen molar-refractivity contribution in [3.05, 3.63) is 48.0 Å². The van der Waals surface area contributed by atoms with E-state index in [1.807, 2.05) is 18.2 Å². The minimum absolute atomic E-state index is 0.0841. The Morgan fingerprint density at radius 1 is 1.12 bits per heavy atom. The number of rotatable bonds is 8. The molecule has 1 heterocycles. The summed E-state index contributed by atoms with van der Waals surface area (Å²) in [6, 6.07) is 12.2. The molecule has 1 aliphatic heterocycles. The second-order valence-electron chi connectivity index (χ2n) is 8.78. The summed E-state index contributed by atoms with van der Waals surface area (Å²) in [6.45, 7) is 2.66. The Morgan fingerprint density at radius 3 is 2.72 bits per heavy atom. The van der Waals surface area contributed by atoms with Crippen molar-refractivity contribution in [2.75, 3.05) is 16.6 Å². The van der Waals surface area contributed by atoms with Gasteiger partial charge in [-0.2, -0.15) is 0 Å². The van der Waals surface area contributed by atoms with E-state index in [1.54, 1.807) is 12.1 Å². The zero-order valence-corrected chi connectivity index (χ0v) is 19.2. The van der Waals surface area contributed by atoms with Crippen LogP contribution in [0, 0.1) is 5.92 Å². The number of fused-ring (bicyclic) bond motifs is 1. The van der Waals surface area contributed by atoms with Crippen LogP contribution in [0.4, 0.5) is 11.4 Å². The Balaban J connectivity index is 1.42. The number of hydrogen-bond donors (Lipinski definition) is 3. The van der Waals surface area contributed by atoms with Crippen LogP contribution < -0.4 is 20.1 Å². The Bertz CT molecular complexity index is 1060. The van der Waals surface area contributed by atoms with E-state index in [4.69, 9.17) is 4.74 Å². The third-order valence-electron chi connectivity index (χ3n) is 6.21. The molecule has 2 aliphatic rings. The van der Waals surface area contributed by atoms with Crippen LogP contribution in [0.1, 0.15) is 51.0 Å². The number of amides is 1. The molecule has 1 saturated carbocycles. The van der Waals surface area contributed by atoms with Crippen molar-refractivity contribution in [2.24, 2.45) is 5.92 Å². The lowest BCUT2D eigenvalue weighted by Crippen LogP contribution is -2.29. The van der Waals surface area contributed by atoms with Crippen molar-refractivity contribution in [1.29, 1.82) is 0 Å². The molecule has 1 fully saturated rings. The van der Waals surface area contributed by atoms with Gasteiger partial charge in [0.15, 0.2) is 6.61 Å². The van der Waals surface area contributed by atoms with Gasteiger partial charge in [-0.15, -0.1) is 0 Å². The van der Waals surface area contributed by atoms with Crippen LogP contribution in [0.15, 0.2) is 47.4 Å². The Morgan fingerprint density at radius 2 is 1.91 bits per heavy atom. The summed E-state index contributed by atoms with van der Waals surface area (Å²) < 4.78 is 34.1. The molecule has 4 rings (SSSR count). The molecular weight excluding hydrogens is 426 g/mol. The first-order valence-corrected chi connectivity index (χ1v) is 12.8. The van der Waals surface area contributed by atoms with Gasteiger partial charge in [0.05, 0.1) is 16.3 Å². The predicted octanol–water partition coefficient (Wildman–Crippen LogP) is 4.27. The zero-order chi connectivity index (χ0) is 22.6. The van der Waals surface area contributed by atoms with Gasteiger partial charge in [0.1, 0.15) is 5.75 Å². The number of para-hydroxylation sites is 1. The Labute approximate surface area is 190 Å². The normalized spacial score (nSPS) is 17.7. The SMILES string of the molecule is CC(CC1CCCCC1)NCc1ccccc1NS(=O)(=O)c1ccc2c(c1)OCC(=O)N2. The molecule has 1 unspecified atom stereocenters. The molecule has 2 aromatic rings. The zero-order valence-electron chi connectivity index (χ0n) is 18.4. The summed E-state index contributed by atoms with van der Waals surface area (Å²) >= 11 is 0. The van der Waals surface area contributed by atoms with Gasteiger partial charge in [-0.05, 0) is 43.0 Å². The van der Waals surface area contributed by atoms with Crippen LogP contribution in [-0.4, -0.2) is 27.0 Å². The maximum atomic E-state index is 13.0. The van der Waals surface area contributed by atoms with E-state index in [1.165, 1.54) is 44.2 Å². The van der Waals surface area contributed by atoms with Crippen molar-refractivity contribution in [3.8, 4) is 5.75 Å². The summed E-state index contributed by atoms with van der Waals surface area (Å²) in [5.74, 6) is 0.875. The molecule has 2 aromatic carbocycles. The summed E-state index contributed by atoms with van der Waals surface area (Å²) in [6.07, 6.45) is 7.81. The van der Waals surface area contributed by atoms with Crippen molar-refractivity contribution in [2.45, 2.75) is 62.9 Å². The Hall–Kier alpha value is -2.58. The number of hydrogen-bond acceptors (Lipinski definition) is 5. The van der Waals surface area contributed by atoms with Crippen LogP contribution >= 0.6 is 0 Å². The number of nitrogens with one attached hydrogen (secondary N) is 3. The molecule has 1 amide bonds. The molecule has 32 heavy (non-hydrogen) atoms. The molecule has 172 valence electrons. The first-order chi connectivity index (χ1) is 15.4. The molecule has 7 nitrogen and oxygen atoms in total. The maximum absolute atomic E-state index is 13.0. The van der Waals surface area contributed by atoms with E-state index in [2.05, 4.69) is 22.3 Å². The monoisotopic (exact) mass is 457 g/mol. The lowest BCUT2D eigenvalue weighted by atomic mass is 9.85. The van der Waals surface area contributed by atoms with E-state index in [9.17, 15) is 13.2 Å². The highest BCUT2D eigenvalue weighted by Gasteiger charge is 2.22. The second-order valence-corrected chi connectivity index (χ2v) is 10.5. The minimum atomic E-state index is -3.81. The van der Waals surface area contributed by atoms with E-state index >= 15 is 0 Å². The molecule has 0 aromatic heterocycles. The van der Waals surface area contributed by atoms with Gasteiger partial charge in [0.2, 0.25) is 0 Å². The van der Waals surface area contributed by atoms with E-state index in [-0.39, 0.29) is 17.4 Å². The van der Waals surface area contributed by atoms with Crippen molar-refractivity contribution in [1.82, 2.24) is 5.32 Å². The molecule has 8 heteroatoms. The lowest BCUT2D eigenvalue weighted by molar-refractivity contribution is -0.118. The Kier molecular flexibility index (Phi) is 7.01. The third-order valence-corrected chi connectivity index (χ3v) is 7.57. The number of anilines is 2. The van der Waals surface area contributed by atoms with Gasteiger partial charge in [-0.25, -0.2) is 8.42 Å². The predicted molar refractivity (Wildman–Crippen MR) is 125 cm³/mol. The number of benzene rings is 2. The van der Waals surface area contributed by atoms with Gasteiger partial charge in [0.25, 0.3) is 15.9 Å². The fourth-order valence-electron chi connectivity index (χ4n) is 4.49. The largest absolute Gasteiger partial charge is 0.482 e. The minimum Gasteiger partial charge on any atom is -0.482 e. The van der Waals surface area contributed by atoms with E-state index < -0.39 is 10.0 Å². The highest BCUT2D eigenvalue weighted by Crippen LogP contribution is 2.31. The number of sulfonamides is 1. The van der Waals surface area contributed by atoms with Crippen molar-refractivity contribution < 1.29 is 17.9 Å². The molecule has 1 atom stereocenters. The standard InChI is InChI=1S/C24H31N3O4S/c1-17(13-18-7-3-2-4-8-18)25-15-19-9-5-6-10-21(19)27-32(29,30)20-11-12-22-23(14-20)31-16-24(28)26-22/h5-6,9-12,14,17-18,25,27H,2-4,7-8,13,15-16H2,1H3,(H,26,28). The average Bonchev–Trinajstić information content (AvgIpc) is 2.78. The number of carbonyl (C=O) groups is 1. The molecule has 0 saturated heterocycles. The number of carbonyl (C=O) groups excluding carboxylic acids is 1. The van der Waals surface area contributed by atoms with Crippen LogP contribution in [0.5, 0.6) is 5.75 Å². The van der Waals surface area contributed by atoms with Gasteiger partial charge < -0.3 is 15.4 Å². The number of ether oxygens (including phenoxy) is 1. The second kappa shape index (κ2) is 9.92. The highest BCUT2D eigenvalue weighted by molar-refractivity contribution is 7.92. The average molecular weight is 458 g/mol. The summed E-state index contributed by atoms with van der Waals surface area (Å²) in [7, 11) is -3.81. The fraction of sp³-hybridized carbons (Fsp3) is 0.458. The molecule has 3 N–H and O–H groups in total. The highest BCUT2D eigenvalue weighted by atomic mass is 32.2. The van der Waals surface area contributed by atoms with Crippen LogP contribution in [0.25, 0.3) is 0 Å². The van der Waals surface area contributed by atoms with Crippen LogP contribution in [0.2, 0.25) is 0 Å². The van der Waals surface area contributed by atoms with Crippen molar-refractivity contribution in [3.63, 3.8) is 0 Å². The molecule has 1 aliphatic carbocycles. The summed E-state index contributed by atoms with van der Waals surface area (Å²) in [5.41, 5.74) is 1.92. The third kappa shape index (κ3) is 5.61. The summed E-state index contributed by atoms with van der Waals surface area (Å²) in [5, 5.41) is 6.23. The molecular formula is C24H31N3O4S. The van der Waals surface area contributed by atoms with Gasteiger partial charge >= 0.3 is 0 Å². The van der Waals surface area contributed by atoms with Crippen molar-refractivity contribution >= 4 is 27.3 Å². The quantitative estimate of drug-likeness (QED) is 0.550. The van der Waals surface area contributed by atoms with Crippen LogP contribution in [0.3, 0.4) is 0 Å². The summed E-state index contributed by atoms with van der Waals surface area (Å²) in [4.78, 5) is 11.5. The smallest absolute Gasteiger partial charge is 0.262 e.